The number of ether oxygens (including phenoxy) is 2. The lowest BCUT2D eigenvalue weighted by Crippen LogP contribution is -2.17. The van der Waals surface area contributed by atoms with E-state index in [2.05, 4.69) is 0 Å². The highest BCUT2D eigenvalue weighted by Crippen LogP contribution is 2.22. The molecule has 0 unspecified atom stereocenters. The minimum absolute atomic E-state index is 0.512. The van der Waals surface area contributed by atoms with Gasteiger partial charge in [-0.05, 0) is 38.5 Å². The summed E-state index contributed by atoms with van der Waals surface area (Å²) in [6, 6.07) is 0. The van der Waals surface area contributed by atoms with Gasteiger partial charge in [-0.2, -0.15) is 0 Å². The van der Waals surface area contributed by atoms with Gasteiger partial charge in [-0.1, -0.05) is 38.5 Å². The molecule has 2 fully saturated rings. The zero-order chi connectivity index (χ0) is 12.5. The molecule has 0 heterocycles. The Balaban J connectivity index is 1.39. The fraction of sp³-hybridized carbons (Fsp3) is 0.938. The van der Waals surface area contributed by atoms with Gasteiger partial charge in [-0.3, -0.25) is 0 Å². The maximum Gasteiger partial charge on any atom is 0.0841 e. The Morgan fingerprint density at radius 2 is 1.39 bits per heavy atom. The van der Waals surface area contributed by atoms with E-state index in [9.17, 15) is 0 Å². The van der Waals surface area contributed by atoms with Crippen LogP contribution < -0.4 is 0 Å². The van der Waals surface area contributed by atoms with Crippen LogP contribution in [0.5, 0.6) is 0 Å². The average molecular weight is 253 g/mol. The molecule has 2 aliphatic carbocycles. The van der Waals surface area contributed by atoms with Crippen molar-refractivity contribution in [1.82, 2.24) is 0 Å². The van der Waals surface area contributed by atoms with E-state index in [-0.39, 0.29) is 0 Å². The number of unbranched alkanes of at least 4 members (excludes halogenated alkanes) is 1. The molecule has 0 saturated heterocycles. The lowest BCUT2D eigenvalue weighted by molar-refractivity contribution is 0.0217. The molecule has 1 radical (unpaired) electrons. The lowest BCUT2D eigenvalue weighted by atomic mass is 9.98. The summed E-state index contributed by atoms with van der Waals surface area (Å²) in [4.78, 5) is 0. The summed E-state index contributed by atoms with van der Waals surface area (Å²) in [7, 11) is 0. The molecule has 0 atom stereocenters. The van der Waals surface area contributed by atoms with Crippen LogP contribution in [0.15, 0.2) is 0 Å². The molecule has 2 rings (SSSR count). The number of rotatable bonds is 7. The quantitative estimate of drug-likeness (QED) is 0.616. The molecule has 0 aromatic carbocycles. The van der Waals surface area contributed by atoms with Crippen molar-refractivity contribution in [3.05, 3.63) is 6.61 Å². The fourth-order valence-corrected chi connectivity index (χ4v) is 3.05. The third-order valence-corrected chi connectivity index (χ3v) is 4.21. The molecule has 0 amide bonds. The third kappa shape index (κ3) is 5.71. The summed E-state index contributed by atoms with van der Waals surface area (Å²) < 4.78 is 11.7. The summed E-state index contributed by atoms with van der Waals surface area (Å²) in [5.74, 6) is 0. The van der Waals surface area contributed by atoms with Gasteiger partial charge in [-0.15, -0.1) is 0 Å². The monoisotopic (exact) mass is 253 g/mol. The maximum atomic E-state index is 5.90. The highest BCUT2D eigenvalue weighted by atomic mass is 16.5. The van der Waals surface area contributed by atoms with Crippen LogP contribution in [0.25, 0.3) is 0 Å². The molecule has 2 heteroatoms. The fourth-order valence-electron chi connectivity index (χ4n) is 3.05. The third-order valence-electron chi connectivity index (χ3n) is 4.21. The SMILES string of the molecule is [CH](CCCOC1CCCCC1)OC1CCCCC1. The van der Waals surface area contributed by atoms with Gasteiger partial charge in [0.15, 0.2) is 0 Å². The maximum absolute atomic E-state index is 5.90. The second-order valence-corrected chi connectivity index (χ2v) is 5.84. The van der Waals surface area contributed by atoms with Gasteiger partial charge in [-0.25, -0.2) is 0 Å². The molecule has 0 N–H and O–H groups in total. The molecular weight excluding hydrogens is 224 g/mol. The van der Waals surface area contributed by atoms with Crippen LogP contribution >= 0.6 is 0 Å². The Labute approximate surface area is 112 Å². The van der Waals surface area contributed by atoms with Crippen LogP contribution in [-0.4, -0.2) is 18.8 Å². The Morgan fingerprint density at radius 3 is 2.06 bits per heavy atom. The van der Waals surface area contributed by atoms with Crippen LogP contribution in [0.1, 0.15) is 77.0 Å². The van der Waals surface area contributed by atoms with Gasteiger partial charge >= 0.3 is 0 Å². The van der Waals surface area contributed by atoms with E-state index in [4.69, 9.17) is 9.47 Å². The van der Waals surface area contributed by atoms with Gasteiger partial charge in [0.1, 0.15) is 0 Å². The molecule has 0 aromatic rings. The Morgan fingerprint density at radius 1 is 0.778 bits per heavy atom. The molecule has 0 aliphatic heterocycles. The molecule has 0 spiro atoms. The van der Waals surface area contributed by atoms with Crippen molar-refractivity contribution in [2.75, 3.05) is 6.61 Å². The average Bonchev–Trinajstić information content (AvgIpc) is 2.45. The van der Waals surface area contributed by atoms with Crippen molar-refractivity contribution >= 4 is 0 Å². The van der Waals surface area contributed by atoms with Crippen LogP contribution in [0, 0.1) is 6.61 Å². The highest BCUT2D eigenvalue weighted by molar-refractivity contribution is 4.68. The second-order valence-electron chi connectivity index (χ2n) is 5.84. The number of hydrogen-bond donors (Lipinski definition) is 0. The largest absolute Gasteiger partial charge is 0.378 e. The summed E-state index contributed by atoms with van der Waals surface area (Å²) >= 11 is 0. The molecule has 0 bridgehead atoms. The standard InChI is InChI=1S/C16H29O2/c1-3-9-15(10-4-1)17-13-7-8-14-18-16-11-5-2-6-12-16/h13,15-16H,1-12,14H2. The lowest BCUT2D eigenvalue weighted by Gasteiger charge is -2.23. The van der Waals surface area contributed by atoms with Crippen LogP contribution in [0.3, 0.4) is 0 Å². The van der Waals surface area contributed by atoms with E-state index in [1.165, 1.54) is 64.2 Å². The molecule has 18 heavy (non-hydrogen) atoms. The first-order chi connectivity index (χ1) is 8.95. The molecule has 0 aromatic heterocycles. The van der Waals surface area contributed by atoms with E-state index >= 15 is 0 Å². The van der Waals surface area contributed by atoms with Crippen molar-refractivity contribution in [2.45, 2.75) is 89.3 Å². The van der Waals surface area contributed by atoms with Crippen LogP contribution in [0.2, 0.25) is 0 Å². The molecule has 105 valence electrons. The van der Waals surface area contributed by atoms with Crippen molar-refractivity contribution in [3.63, 3.8) is 0 Å². The van der Waals surface area contributed by atoms with Gasteiger partial charge < -0.3 is 9.47 Å². The smallest absolute Gasteiger partial charge is 0.0841 e. The van der Waals surface area contributed by atoms with Gasteiger partial charge in [0.2, 0.25) is 0 Å². The molecule has 2 nitrogen and oxygen atoms in total. The van der Waals surface area contributed by atoms with Gasteiger partial charge in [0.25, 0.3) is 0 Å². The Kier molecular flexibility index (Phi) is 7.11. The zero-order valence-corrected chi connectivity index (χ0v) is 11.7. The van der Waals surface area contributed by atoms with Gasteiger partial charge in [0.05, 0.1) is 18.8 Å². The Bertz CT molecular complexity index is 171. The molecule has 2 aliphatic rings. The first-order valence-electron chi connectivity index (χ1n) is 8.04. The van der Waals surface area contributed by atoms with Crippen molar-refractivity contribution in [2.24, 2.45) is 0 Å². The Hall–Kier alpha value is -0.0800. The second kappa shape index (κ2) is 8.92. The van der Waals surface area contributed by atoms with E-state index in [0.29, 0.717) is 12.2 Å². The van der Waals surface area contributed by atoms with E-state index in [1.54, 1.807) is 0 Å². The van der Waals surface area contributed by atoms with Crippen molar-refractivity contribution in [1.29, 1.82) is 0 Å². The first-order valence-corrected chi connectivity index (χ1v) is 8.04. The normalized spacial score (nSPS) is 23.3. The minimum atomic E-state index is 0.512. The van der Waals surface area contributed by atoms with Crippen molar-refractivity contribution in [3.8, 4) is 0 Å². The zero-order valence-electron chi connectivity index (χ0n) is 11.7. The van der Waals surface area contributed by atoms with E-state index in [0.717, 1.165) is 19.4 Å². The van der Waals surface area contributed by atoms with Crippen LogP contribution in [0.4, 0.5) is 0 Å². The summed E-state index contributed by atoms with van der Waals surface area (Å²) in [5, 5.41) is 0. The number of hydrogen-bond acceptors (Lipinski definition) is 2. The summed E-state index contributed by atoms with van der Waals surface area (Å²) in [6.45, 7) is 2.94. The van der Waals surface area contributed by atoms with E-state index in [1.807, 2.05) is 6.61 Å². The summed E-state index contributed by atoms with van der Waals surface area (Å²) in [6.07, 6.45) is 16.5. The minimum Gasteiger partial charge on any atom is -0.378 e. The van der Waals surface area contributed by atoms with Gasteiger partial charge in [0, 0.05) is 6.61 Å². The topological polar surface area (TPSA) is 18.5 Å². The molecule has 2 saturated carbocycles. The first kappa shape index (κ1) is 14.3. The predicted molar refractivity (Wildman–Crippen MR) is 74.3 cm³/mol. The van der Waals surface area contributed by atoms with Crippen molar-refractivity contribution < 1.29 is 9.47 Å². The summed E-state index contributed by atoms with van der Waals surface area (Å²) in [5.41, 5.74) is 0. The molecular formula is C16H29O2. The van der Waals surface area contributed by atoms with Crippen LogP contribution in [-0.2, 0) is 9.47 Å². The van der Waals surface area contributed by atoms with E-state index < -0.39 is 0 Å². The predicted octanol–water partition coefficient (Wildman–Crippen LogP) is 4.63. The highest BCUT2D eigenvalue weighted by Gasteiger charge is 2.14.